The maximum Gasteiger partial charge on any atom is 0.348 e. The zero-order valence-electron chi connectivity index (χ0n) is 20.5. The number of hydrogen-bond acceptors (Lipinski definition) is 5. The summed E-state index contributed by atoms with van der Waals surface area (Å²) in [7, 11) is 0. The van der Waals surface area contributed by atoms with Gasteiger partial charge in [-0.1, -0.05) is 45.2 Å². The lowest BCUT2D eigenvalue weighted by Crippen LogP contribution is -2.34. The van der Waals surface area contributed by atoms with E-state index >= 15 is 0 Å². The fraction of sp³-hybridized carbons (Fsp3) is 0.393. The minimum atomic E-state index is -2.01. The minimum absolute atomic E-state index is 0.0500. The normalized spacial score (nSPS) is 13.6. The van der Waals surface area contributed by atoms with Gasteiger partial charge < -0.3 is 9.47 Å². The summed E-state index contributed by atoms with van der Waals surface area (Å²) in [6, 6.07) is 14.0. The SMILES string of the molecule is CCCC[C@H](F)COc1ccc(-c2ncc(-c3ccc(OC(=O)[C@@](C)(F)CCC)cc3)cn2)cc1. The van der Waals surface area contributed by atoms with E-state index in [1.807, 2.05) is 26.0 Å². The van der Waals surface area contributed by atoms with Gasteiger partial charge in [0.2, 0.25) is 5.67 Å². The van der Waals surface area contributed by atoms with Crippen LogP contribution in [0.1, 0.15) is 52.9 Å². The van der Waals surface area contributed by atoms with Gasteiger partial charge in [-0.25, -0.2) is 23.5 Å². The highest BCUT2D eigenvalue weighted by atomic mass is 19.1. The molecule has 3 rings (SSSR count). The summed E-state index contributed by atoms with van der Waals surface area (Å²) in [4.78, 5) is 20.9. The van der Waals surface area contributed by atoms with Crippen molar-refractivity contribution in [2.45, 2.75) is 64.7 Å². The number of alkyl halides is 2. The predicted molar refractivity (Wildman–Crippen MR) is 133 cm³/mol. The van der Waals surface area contributed by atoms with Crippen molar-refractivity contribution < 1.29 is 23.0 Å². The minimum Gasteiger partial charge on any atom is -0.491 e. The molecular weight excluding hydrogens is 450 g/mol. The number of halogens is 2. The molecule has 186 valence electrons. The Morgan fingerprint density at radius 3 is 2.11 bits per heavy atom. The molecule has 0 fully saturated rings. The van der Waals surface area contributed by atoms with Crippen molar-refractivity contribution in [1.82, 2.24) is 9.97 Å². The Labute approximate surface area is 205 Å². The van der Waals surface area contributed by atoms with Crippen LogP contribution in [0.2, 0.25) is 0 Å². The van der Waals surface area contributed by atoms with Crippen molar-refractivity contribution in [3.05, 3.63) is 60.9 Å². The first-order valence-corrected chi connectivity index (χ1v) is 12.0. The van der Waals surface area contributed by atoms with E-state index in [0.29, 0.717) is 24.4 Å². The first kappa shape index (κ1) is 26.3. The van der Waals surface area contributed by atoms with Gasteiger partial charge in [0.25, 0.3) is 0 Å². The van der Waals surface area contributed by atoms with E-state index in [9.17, 15) is 13.6 Å². The molecule has 0 aliphatic heterocycles. The molecule has 0 aliphatic rings. The number of ether oxygens (including phenoxy) is 2. The quantitative estimate of drug-likeness (QED) is 0.203. The fourth-order valence-corrected chi connectivity index (χ4v) is 3.52. The van der Waals surface area contributed by atoms with Crippen LogP contribution in [0.15, 0.2) is 60.9 Å². The molecular formula is C28H32F2N2O3. The summed E-state index contributed by atoms with van der Waals surface area (Å²) in [5, 5.41) is 0. The van der Waals surface area contributed by atoms with Crippen molar-refractivity contribution in [3.8, 4) is 34.0 Å². The number of nitrogens with zero attached hydrogens (tertiary/aromatic N) is 2. The molecule has 0 bridgehead atoms. The van der Waals surface area contributed by atoms with Crippen LogP contribution >= 0.6 is 0 Å². The van der Waals surface area contributed by atoms with Crippen LogP contribution in [-0.4, -0.2) is 34.4 Å². The van der Waals surface area contributed by atoms with Gasteiger partial charge in [-0.3, -0.25) is 0 Å². The highest BCUT2D eigenvalue weighted by Crippen LogP contribution is 2.26. The summed E-state index contributed by atoms with van der Waals surface area (Å²) in [5.74, 6) is 0.545. The summed E-state index contributed by atoms with van der Waals surface area (Å²) >= 11 is 0. The van der Waals surface area contributed by atoms with Crippen LogP contribution in [-0.2, 0) is 4.79 Å². The summed E-state index contributed by atoms with van der Waals surface area (Å²) in [5.41, 5.74) is 0.427. The molecule has 7 heteroatoms. The molecule has 0 N–H and O–H groups in total. The van der Waals surface area contributed by atoms with Crippen molar-refractivity contribution in [3.63, 3.8) is 0 Å². The van der Waals surface area contributed by atoms with Crippen LogP contribution in [0.4, 0.5) is 8.78 Å². The third-order valence-corrected chi connectivity index (χ3v) is 5.61. The van der Waals surface area contributed by atoms with Crippen molar-refractivity contribution >= 4 is 5.97 Å². The van der Waals surface area contributed by atoms with E-state index in [2.05, 4.69) is 9.97 Å². The summed E-state index contributed by atoms with van der Waals surface area (Å²) in [6.07, 6.45) is 5.44. The Bertz CT molecular complexity index is 1070. The largest absolute Gasteiger partial charge is 0.491 e. The van der Waals surface area contributed by atoms with Crippen molar-refractivity contribution in [2.24, 2.45) is 0 Å². The Balaban J connectivity index is 1.59. The predicted octanol–water partition coefficient (Wildman–Crippen LogP) is 7.15. The number of unbranched alkanes of at least 4 members (excludes halogenated alkanes) is 1. The fourth-order valence-electron chi connectivity index (χ4n) is 3.52. The van der Waals surface area contributed by atoms with E-state index in [4.69, 9.17) is 9.47 Å². The third kappa shape index (κ3) is 7.57. The van der Waals surface area contributed by atoms with E-state index in [-0.39, 0.29) is 18.8 Å². The van der Waals surface area contributed by atoms with Gasteiger partial charge in [0.05, 0.1) is 0 Å². The molecule has 0 unspecified atom stereocenters. The second-order valence-electron chi connectivity index (χ2n) is 8.73. The molecule has 0 aliphatic carbocycles. The zero-order valence-corrected chi connectivity index (χ0v) is 20.5. The number of carbonyl (C=O) groups is 1. The molecule has 2 aromatic carbocycles. The molecule has 2 atom stereocenters. The van der Waals surface area contributed by atoms with Gasteiger partial charge in [-0.05, 0) is 61.7 Å². The third-order valence-electron chi connectivity index (χ3n) is 5.61. The van der Waals surface area contributed by atoms with Crippen LogP contribution in [0.3, 0.4) is 0 Å². The highest BCUT2D eigenvalue weighted by molar-refractivity contribution is 5.81. The summed E-state index contributed by atoms with van der Waals surface area (Å²) < 4.78 is 38.8. The number of rotatable bonds is 12. The summed E-state index contributed by atoms with van der Waals surface area (Å²) in [6.45, 7) is 5.14. The molecule has 0 saturated heterocycles. The van der Waals surface area contributed by atoms with Crippen LogP contribution in [0.25, 0.3) is 22.5 Å². The maximum atomic E-state index is 14.3. The lowest BCUT2D eigenvalue weighted by molar-refractivity contribution is -0.147. The average molecular weight is 483 g/mol. The van der Waals surface area contributed by atoms with Crippen molar-refractivity contribution in [2.75, 3.05) is 6.61 Å². The molecule has 0 saturated carbocycles. The molecule has 0 amide bonds. The van der Waals surface area contributed by atoms with Crippen LogP contribution in [0.5, 0.6) is 11.5 Å². The molecule has 0 radical (unpaired) electrons. The lowest BCUT2D eigenvalue weighted by atomic mass is 10.0. The van der Waals surface area contributed by atoms with Gasteiger partial charge in [-0.2, -0.15) is 0 Å². The number of hydrogen-bond donors (Lipinski definition) is 0. The second kappa shape index (κ2) is 12.4. The van der Waals surface area contributed by atoms with E-state index in [0.717, 1.165) is 29.5 Å². The number of carbonyl (C=O) groups excluding carboxylic acids is 1. The van der Waals surface area contributed by atoms with Crippen LogP contribution in [0, 0.1) is 0 Å². The molecule has 35 heavy (non-hydrogen) atoms. The zero-order chi connectivity index (χ0) is 25.3. The Kier molecular flexibility index (Phi) is 9.29. The first-order valence-electron chi connectivity index (χ1n) is 12.0. The molecule has 3 aromatic rings. The number of aromatic nitrogens is 2. The average Bonchev–Trinajstić information content (AvgIpc) is 2.87. The maximum absolute atomic E-state index is 14.3. The van der Waals surface area contributed by atoms with Gasteiger partial charge in [0, 0.05) is 23.5 Å². The van der Waals surface area contributed by atoms with Gasteiger partial charge in [0.15, 0.2) is 5.82 Å². The van der Waals surface area contributed by atoms with Crippen LogP contribution < -0.4 is 9.47 Å². The molecule has 5 nitrogen and oxygen atoms in total. The monoisotopic (exact) mass is 482 g/mol. The first-order chi connectivity index (χ1) is 16.8. The topological polar surface area (TPSA) is 61.3 Å². The molecule has 1 aromatic heterocycles. The molecule has 0 spiro atoms. The van der Waals surface area contributed by atoms with E-state index < -0.39 is 17.8 Å². The Morgan fingerprint density at radius 1 is 0.914 bits per heavy atom. The number of benzene rings is 2. The van der Waals surface area contributed by atoms with Gasteiger partial charge >= 0.3 is 5.97 Å². The molecule has 1 heterocycles. The van der Waals surface area contributed by atoms with Crippen molar-refractivity contribution in [1.29, 1.82) is 0 Å². The standard InChI is InChI=1S/C28H32F2N2O3/c1-4-6-7-23(29)19-34-24-12-10-21(11-13-24)26-31-17-22(18-32-26)20-8-14-25(15-9-20)35-27(33)28(3,30)16-5-2/h8-15,17-18,23H,4-7,16,19H2,1-3H3/t23-,28-/m0/s1. The number of esters is 1. The van der Waals surface area contributed by atoms with Gasteiger partial charge in [-0.15, -0.1) is 0 Å². The smallest absolute Gasteiger partial charge is 0.348 e. The second-order valence-corrected chi connectivity index (χ2v) is 8.73. The highest BCUT2D eigenvalue weighted by Gasteiger charge is 2.34. The van der Waals surface area contributed by atoms with E-state index in [1.54, 1.807) is 48.8 Å². The lowest BCUT2D eigenvalue weighted by Gasteiger charge is -2.17. The van der Waals surface area contributed by atoms with Gasteiger partial charge in [0.1, 0.15) is 24.3 Å². The Hall–Kier alpha value is -3.35. The van der Waals surface area contributed by atoms with E-state index in [1.165, 1.54) is 6.92 Å². The Morgan fingerprint density at radius 2 is 1.51 bits per heavy atom.